The van der Waals surface area contributed by atoms with Crippen LogP contribution in [0, 0.1) is 0 Å². The third-order valence-corrected chi connectivity index (χ3v) is 4.65. The lowest BCUT2D eigenvalue weighted by molar-refractivity contribution is -0.122. The van der Waals surface area contributed by atoms with Crippen LogP contribution in [0.15, 0.2) is 41.3 Å². The van der Waals surface area contributed by atoms with Gasteiger partial charge in [-0.15, -0.1) is 16.8 Å². The van der Waals surface area contributed by atoms with Crippen LogP contribution < -0.4 is 14.8 Å². The minimum atomic E-state index is -0.671. The SMILES string of the molecule is C=CCSc1nnc(NC(=O)[C@@H](C)Oc2cccc(OC)c2)s1. The van der Waals surface area contributed by atoms with E-state index in [0.29, 0.717) is 16.6 Å². The van der Waals surface area contributed by atoms with Crippen LogP contribution in [0.1, 0.15) is 6.92 Å². The van der Waals surface area contributed by atoms with Crippen LogP contribution in [-0.2, 0) is 4.79 Å². The van der Waals surface area contributed by atoms with Gasteiger partial charge in [-0.2, -0.15) is 0 Å². The molecule has 0 saturated carbocycles. The topological polar surface area (TPSA) is 73.3 Å². The predicted octanol–water partition coefficient (Wildman–Crippen LogP) is 3.23. The second kappa shape index (κ2) is 8.54. The van der Waals surface area contributed by atoms with E-state index in [2.05, 4.69) is 22.1 Å². The van der Waals surface area contributed by atoms with E-state index in [0.717, 1.165) is 10.1 Å². The Bertz CT molecular complexity index is 675. The molecule has 1 heterocycles. The monoisotopic (exact) mass is 351 g/mol. The number of rotatable bonds is 8. The zero-order chi connectivity index (χ0) is 16.7. The lowest BCUT2D eigenvalue weighted by atomic mass is 10.3. The van der Waals surface area contributed by atoms with Crippen molar-refractivity contribution in [3.63, 3.8) is 0 Å². The van der Waals surface area contributed by atoms with E-state index in [9.17, 15) is 4.79 Å². The third-order valence-electron chi connectivity index (χ3n) is 2.68. The zero-order valence-corrected chi connectivity index (χ0v) is 14.4. The fourth-order valence-electron chi connectivity index (χ4n) is 1.59. The van der Waals surface area contributed by atoms with Gasteiger partial charge >= 0.3 is 0 Å². The van der Waals surface area contributed by atoms with Crippen molar-refractivity contribution in [2.24, 2.45) is 0 Å². The van der Waals surface area contributed by atoms with Crippen molar-refractivity contribution in [3.05, 3.63) is 36.9 Å². The van der Waals surface area contributed by atoms with Crippen molar-refractivity contribution in [1.29, 1.82) is 0 Å². The summed E-state index contributed by atoms with van der Waals surface area (Å²) in [5.74, 6) is 1.69. The highest BCUT2D eigenvalue weighted by atomic mass is 32.2. The molecule has 1 amide bonds. The Morgan fingerprint density at radius 1 is 1.48 bits per heavy atom. The van der Waals surface area contributed by atoms with Gasteiger partial charge in [0, 0.05) is 11.8 Å². The molecule has 1 aromatic carbocycles. The standard InChI is InChI=1S/C15H17N3O3S2/c1-4-8-22-15-18-17-14(23-15)16-13(19)10(2)21-12-7-5-6-11(9-12)20-3/h4-7,9-10H,1,8H2,2-3H3,(H,16,17,19)/t10-/m1/s1. The van der Waals surface area contributed by atoms with Crippen LogP contribution in [0.2, 0.25) is 0 Å². The fraction of sp³-hybridized carbons (Fsp3) is 0.267. The highest BCUT2D eigenvalue weighted by Crippen LogP contribution is 2.25. The number of carbonyl (C=O) groups is 1. The first-order chi connectivity index (χ1) is 11.1. The number of nitrogens with zero attached hydrogens (tertiary/aromatic N) is 2. The van der Waals surface area contributed by atoms with Crippen LogP contribution in [0.25, 0.3) is 0 Å². The second-order valence-electron chi connectivity index (χ2n) is 4.40. The summed E-state index contributed by atoms with van der Waals surface area (Å²) in [5, 5.41) is 11.1. The molecule has 2 rings (SSSR count). The summed E-state index contributed by atoms with van der Waals surface area (Å²) in [6.45, 7) is 5.32. The number of anilines is 1. The van der Waals surface area contributed by atoms with Gasteiger partial charge in [0.1, 0.15) is 11.5 Å². The molecule has 8 heteroatoms. The van der Waals surface area contributed by atoms with Crippen molar-refractivity contribution < 1.29 is 14.3 Å². The number of amides is 1. The predicted molar refractivity (Wildman–Crippen MR) is 92.5 cm³/mol. The molecule has 122 valence electrons. The minimum Gasteiger partial charge on any atom is -0.497 e. The number of aromatic nitrogens is 2. The van der Waals surface area contributed by atoms with Gasteiger partial charge < -0.3 is 9.47 Å². The number of hydrogen-bond acceptors (Lipinski definition) is 7. The molecule has 0 bridgehead atoms. The second-order valence-corrected chi connectivity index (χ2v) is 6.65. The van der Waals surface area contributed by atoms with E-state index in [1.165, 1.54) is 23.1 Å². The Hall–Kier alpha value is -2.06. The van der Waals surface area contributed by atoms with Crippen molar-refractivity contribution in [2.45, 2.75) is 17.4 Å². The first-order valence-corrected chi connectivity index (χ1v) is 8.61. The first-order valence-electron chi connectivity index (χ1n) is 6.81. The molecule has 0 aliphatic carbocycles. The molecule has 0 aliphatic heterocycles. The van der Waals surface area contributed by atoms with Crippen LogP contribution in [0.5, 0.6) is 11.5 Å². The quantitative estimate of drug-likeness (QED) is 0.447. The number of methoxy groups -OCH3 is 1. The summed E-state index contributed by atoms with van der Waals surface area (Å²) in [6, 6.07) is 7.09. The van der Waals surface area contributed by atoms with E-state index in [-0.39, 0.29) is 5.91 Å². The number of ether oxygens (including phenoxy) is 2. The van der Waals surface area contributed by atoms with E-state index in [1.54, 1.807) is 44.4 Å². The summed E-state index contributed by atoms with van der Waals surface area (Å²) in [5.41, 5.74) is 0. The molecule has 6 nitrogen and oxygen atoms in total. The third kappa shape index (κ3) is 5.26. The minimum absolute atomic E-state index is 0.288. The van der Waals surface area contributed by atoms with Crippen molar-refractivity contribution in [1.82, 2.24) is 10.2 Å². The van der Waals surface area contributed by atoms with E-state index in [1.807, 2.05) is 0 Å². The fourth-order valence-corrected chi connectivity index (χ4v) is 3.10. The van der Waals surface area contributed by atoms with Crippen molar-refractivity contribution in [3.8, 4) is 11.5 Å². The molecule has 1 aromatic heterocycles. The maximum Gasteiger partial charge on any atom is 0.266 e. The zero-order valence-electron chi connectivity index (χ0n) is 12.8. The molecule has 1 atom stereocenters. The van der Waals surface area contributed by atoms with E-state index >= 15 is 0 Å². The van der Waals surface area contributed by atoms with Gasteiger partial charge in [-0.25, -0.2) is 0 Å². The molecule has 0 unspecified atom stereocenters. The van der Waals surface area contributed by atoms with Crippen LogP contribution in [0.4, 0.5) is 5.13 Å². The van der Waals surface area contributed by atoms with E-state index in [4.69, 9.17) is 9.47 Å². The number of benzene rings is 1. The van der Waals surface area contributed by atoms with Gasteiger partial charge in [-0.05, 0) is 19.1 Å². The van der Waals surface area contributed by atoms with Crippen molar-refractivity contribution in [2.75, 3.05) is 18.2 Å². The van der Waals surface area contributed by atoms with Gasteiger partial charge in [-0.1, -0.05) is 35.2 Å². The normalized spacial score (nSPS) is 11.6. The van der Waals surface area contributed by atoms with Gasteiger partial charge in [0.15, 0.2) is 10.4 Å². The average molecular weight is 351 g/mol. The number of carbonyl (C=O) groups excluding carboxylic acids is 1. The van der Waals surface area contributed by atoms with Crippen molar-refractivity contribution >= 4 is 34.1 Å². The van der Waals surface area contributed by atoms with Gasteiger partial charge in [0.05, 0.1) is 7.11 Å². The van der Waals surface area contributed by atoms with Crippen LogP contribution in [-0.4, -0.2) is 35.1 Å². The van der Waals surface area contributed by atoms with E-state index < -0.39 is 6.10 Å². The highest BCUT2D eigenvalue weighted by Gasteiger charge is 2.17. The lowest BCUT2D eigenvalue weighted by Crippen LogP contribution is -2.30. The first kappa shape index (κ1) is 17.3. The number of hydrogen-bond donors (Lipinski definition) is 1. The Balaban J connectivity index is 1.91. The van der Waals surface area contributed by atoms with Gasteiger partial charge in [-0.3, -0.25) is 10.1 Å². The largest absolute Gasteiger partial charge is 0.497 e. The van der Waals surface area contributed by atoms with Gasteiger partial charge in [0.2, 0.25) is 5.13 Å². The maximum atomic E-state index is 12.1. The number of nitrogens with one attached hydrogen (secondary N) is 1. The summed E-state index contributed by atoms with van der Waals surface area (Å²) < 4.78 is 11.5. The molecular formula is C15H17N3O3S2. The molecule has 1 N–H and O–H groups in total. The maximum absolute atomic E-state index is 12.1. The Kier molecular flexibility index (Phi) is 6.42. The van der Waals surface area contributed by atoms with Crippen LogP contribution >= 0.6 is 23.1 Å². The Morgan fingerprint density at radius 3 is 3.00 bits per heavy atom. The number of thioether (sulfide) groups is 1. The smallest absolute Gasteiger partial charge is 0.266 e. The highest BCUT2D eigenvalue weighted by molar-refractivity contribution is 8.01. The molecular weight excluding hydrogens is 334 g/mol. The Labute approximate surface area is 142 Å². The Morgan fingerprint density at radius 2 is 2.26 bits per heavy atom. The molecule has 0 saturated heterocycles. The molecule has 0 aliphatic rings. The summed E-state index contributed by atoms with van der Waals surface area (Å²) in [6.07, 6.45) is 1.12. The summed E-state index contributed by atoms with van der Waals surface area (Å²) in [7, 11) is 1.58. The average Bonchev–Trinajstić information content (AvgIpc) is 3.00. The molecule has 23 heavy (non-hydrogen) atoms. The molecule has 0 spiro atoms. The van der Waals surface area contributed by atoms with Gasteiger partial charge in [0.25, 0.3) is 5.91 Å². The van der Waals surface area contributed by atoms with Crippen LogP contribution in [0.3, 0.4) is 0 Å². The molecule has 2 aromatic rings. The summed E-state index contributed by atoms with van der Waals surface area (Å²) in [4.78, 5) is 12.1. The summed E-state index contributed by atoms with van der Waals surface area (Å²) >= 11 is 2.83. The lowest BCUT2D eigenvalue weighted by Gasteiger charge is -2.14. The molecule has 0 fully saturated rings. The molecule has 0 radical (unpaired) electrons.